The molecule has 0 N–H and O–H groups in total. The third kappa shape index (κ3) is 6.54. The van der Waals surface area contributed by atoms with Crippen molar-refractivity contribution in [3.05, 3.63) is 73.7 Å². The Morgan fingerprint density at radius 1 is 1.00 bits per heavy atom. The van der Waals surface area contributed by atoms with E-state index >= 15 is 0 Å². The summed E-state index contributed by atoms with van der Waals surface area (Å²) in [6.07, 6.45) is -10.6. The number of allylic oxidation sites excluding steroid dienone is 1. The average molecular weight is 598 g/mol. The van der Waals surface area contributed by atoms with Gasteiger partial charge in [-0.05, 0) is 35.8 Å². The highest BCUT2D eigenvalue weighted by Gasteiger charge is 2.41. The van der Waals surface area contributed by atoms with Gasteiger partial charge in [0.25, 0.3) is 0 Å². The first-order chi connectivity index (χ1) is 16.4. The number of alkyl halides is 6. The van der Waals surface area contributed by atoms with E-state index in [1.54, 1.807) is 0 Å². The van der Waals surface area contributed by atoms with Crippen molar-refractivity contribution in [1.82, 2.24) is 0 Å². The van der Waals surface area contributed by atoms with Gasteiger partial charge in [0, 0.05) is 17.5 Å². The summed E-state index contributed by atoms with van der Waals surface area (Å²) in [6, 6.07) is 3.23. The molecule has 2 aromatic rings. The van der Waals surface area contributed by atoms with Crippen LogP contribution in [0.15, 0.2) is 36.4 Å². The Morgan fingerprint density at radius 2 is 1.56 bits per heavy atom. The smallest absolute Gasteiger partial charge is 0.294 e. The van der Waals surface area contributed by atoms with Crippen LogP contribution in [0, 0.1) is 5.92 Å². The Bertz CT molecular complexity index is 1300. The number of sulfone groups is 1. The van der Waals surface area contributed by atoms with Crippen LogP contribution in [0.3, 0.4) is 0 Å². The van der Waals surface area contributed by atoms with Crippen LogP contribution in [0.25, 0.3) is 5.83 Å². The van der Waals surface area contributed by atoms with E-state index in [2.05, 4.69) is 0 Å². The number of rotatable bonds is 6. The van der Waals surface area contributed by atoms with Gasteiger partial charge in [0.2, 0.25) is 0 Å². The summed E-state index contributed by atoms with van der Waals surface area (Å²) in [7, 11) is -3.32. The normalized spacial score (nSPS) is 17.6. The monoisotopic (exact) mass is 596 g/mol. The molecule has 0 bridgehead atoms. The van der Waals surface area contributed by atoms with Gasteiger partial charge in [-0.1, -0.05) is 46.9 Å². The lowest BCUT2D eigenvalue weighted by Crippen LogP contribution is -2.37. The third-order valence-electron chi connectivity index (χ3n) is 5.39. The molecule has 1 fully saturated rings. The zero-order chi connectivity index (χ0) is 27.2. The van der Waals surface area contributed by atoms with E-state index in [1.165, 1.54) is 0 Å². The highest BCUT2D eigenvalue weighted by molar-refractivity contribution is 7.92. The van der Waals surface area contributed by atoms with Gasteiger partial charge in [-0.15, -0.1) is 0 Å². The van der Waals surface area contributed by atoms with Crippen molar-refractivity contribution in [3.63, 3.8) is 0 Å². The number of Topliss-reactive ketones (excluding diaryl/α,β-unsaturated/α-hetero) is 1. The maximum atomic E-state index is 14.9. The molecule has 14 heteroatoms. The van der Waals surface area contributed by atoms with Crippen molar-refractivity contribution in [3.8, 4) is 0 Å². The molecule has 2 aromatic carbocycles. The standard InChI is InChI=1S/C22H14Cl3F7O3S/c23-16-5-12(6-17(24)20(16)25)14(21(27,28)29)7-18(26)11-1-2-13(15(4-11)22(30,31)32)19(33)3-10-8-36(34,35)9-10/h1-2,4-7,10,14H,3,8-9H2/b18-7-. The van der Waals surface area contributed by atoms with Crippen LogP contribution in [-0.2, 0) is 16.0 Å². The Kier molecular flexibility index (Phi) is 8.11. The summed E-state index contributed by atoms with van der Waals surface area (Å²) >= 11 is 17.3. The second kappa shape index (κ2) is 10.2. The fourth-order valence-electron chi connectivity index (χ4n) is 3.71. The minimum absolute atomic E-state index is 0.0616. The Hall–Kier alpha value is -1.82. The van der Waals surface area contributed by atoms with Crippen LogP contribution in [0.1, 0.15) is 39.4 Å². The molecule has 0 amide bonds. The van der Waals surface area contributed by atoms with Gasteiger partial charge in [-0.3, -0.25) is 4.79 Å². The number of ketones is 1. The van der Waals surface area contributed by atoms with Crippen molar-refractivity contribution >= 4 is 56.3 Å². The van der Waals surface area contributed by atoms with Crippen LogP contribution < -0.4 is 0 Å². The number of hydrogen-bond donors (Lipinski definition) is 0. The van der Waals surface area contributed by atoms with Crippen LogP contribution >= 0.6 is 34.8 Å². The first kappa shape index (κ1) is 28.7. The van der Waals surface area contributed by atoms with Gasteiger partial charge < -0.3 is 0 Å². The molecule has 196 valence electrons. The molecule has 1 aliphatic heterocycles. The zero-order valence-electron chi connectivity index (χ0n) is 17.7. The summed E-state index contributed by atoms with van der Waals surface area (Å²) in [6.45, 7) is 0. The molecule has 0 aromatic heterocycles. The molecule has 1 heterocycles. The number of halogens is 10. The maximum absolute atomic E-state index is 14.9. The van der Waals surface area contributed by atoms with Gasteiger partial charge in [0.15, 0.2) is 15.6 Å². The molecule has 3 rings (SSSR count). The average Bonchev–Trinajstić information content (AvgIpc) is 2.72. The minimum Gasteiger partial charge on any atom is -0.294 e. The fraction of sp³-hybridized carbons (Fsp3) is 0.318. The van der Waals surface area contributed by atoms with Gasteiger partial charge in [0.1, 0.15) is 11.7 Å². The van der Waals surface area contributed by atoms with E-state index in [9.17, 15) is 43.9 Å². The lowest BCUT2D eigenvalue weighted by Gasteiger charge is -2.25. The van der Waals surface area contributed by atoms with Crippen molar-refractivity contribution in [2.45, 2.75) is 24.7 Å². The number of carbonyl (C=O) groups excluding carboxylic acids is 1. The number of hydrogen-bond acceptors (Lipinski definition) is 3. The van der Waals surface area contributed by atoms with Crippen molar-refractivity contribution in [2.75, 3.05) is 11.5 Å². The molecule has 0 radical (unpaired) electrons. The minimum atomic E-state index is -5.15. The van der Waals surface area contributed by atoms with Crippen molar-refractivity contribution in [1.29, 1.82) is 0 Å². The predicted octanol–water partition coefficient (Wildman–Crippen LogP) is 7.94. The highest BCUT2D eigenvalue weighted by Crippen LogP contribution is 2.43. The molecule has 0 spiro atoms. The van der Waals surface area contributed by atoms with E-state index in [-0.39, 0.29) is 38.7 Å². The first-order valence-corrected chi connectivity index (χ1v) is 12.9. The molecule has 1 saturated heterocycles. The van der Waals surface area contributed by atoms with Crippen LogP contribution in [0.5, 0.6) is 0 Å². The Morgan fingerprint density at radius 3 is 2.03 bits per heavy atom. The van der Waals surface area contributed by atoms with Gasteiger partial charge in [0.05, 0.1) is 32.1 Å². The third-order valence-corrected chi connectivity index (χ3v) is 8.54. The molecule has 1 aliphatic rings. The Balaban J connectivity index is 2.00. The summed E-state index contributed by atoms with van der Waals surface area (Å²) in [4.78, 5) is 12.4. The van der Waals surface area contributed by atoms with Crippen LogP contribution in [0.2, 0.25) is 15.1 Å². The SMILES string of the molecule is O=C(CC1CS(=O)(=O)C1)c1ccc(/C(F)=C/C(c2cc(Cl)c(Cl)c(Cl)c2)C(F)(F)F)cc1C(F)(F)F. The van der Waals surface area contributed by atoms with E-state index in [4.69, 9.17) is 34.8 Å². The summed E-state index contributed by atoms with van der Waals surface area (Å²) in [5.41, 5.74) is -3.86. The molecule has 0 aliphatic carbocycles. The summed E-state index contributed by atoms with van der Waals surface area (Å²) in [5.74, 6) is -6.63. The van der Waals surface area contributed by atoms with Gasteiger partial charge >= 0.3 is 12.4 Å². The first-order valence-electron chi connectivity index (χ1n) is 9.93. The van der Waals surface area contributed by atoms with Gasteiger partial charge in [-0.2, -0.15) is 26.3 Å². The van der Waals surface area contributed by atoms with Crippen LogP contribution in [0.4, 0.5) is 30.7 Å². The number of benzene rings is 2. The van der Waals surface area contributed by atoms with Gasteiger partial charge in [-0.25, -0.2) is 12.8 Å². The van der Waals surface area contributed by atoms with E-state index in [1.807, 2.05) is 0 Å². The largest absolute Gasteiger partial charge is 0.417 e. The Labute approximate surface area is 215 Å². The van der Waals surface area contributed by atoms with Crippen molar-refractivity contribution in [2.24, 2.45) is 5.92 Å². The van der Waals surface area contributed by atoms with E-state index in [0.29, 0.717) is 6.07 Å². The summed E-state index contributed by atoms with van der Waals surface area (Å²) < 4.78 is 119. The zero-order valence-corrected chi connectivity index (χ0v) is 20.7. The number of carbonyl (C=O) groups is 1. The van der Waals surface area contributed by atoms with Crippen molar-refractivity contribution < 1.29 is 43.9 Å². The molecule has 36 heavy (non-hydrogen) atoms. The maximum Gasteiger partial charge on any atom is 0.417 e. The quantitative estimate of drug-likeness (QED) is 0.193. The lowest BCUT2D eigenvalue weighted by atomic mass is 9.93. The lowest BCUT2D eigenvalue weighted by molar-refractivity contribution is -0.140. The molecular weight excluding hydrogens is 584 g/mol. The second-order valence-corrected chi connectivity index (χ2v) is 11.5. The fourth-order valence-corrected chi connectivity index (χ4v) is 5.89. The second-order valence-electron chi connectivity index (χ2n) is 8.16. The molecule has 0 saturated carbocycles. The molecule has 1 atom stereocenters. The predicted molar refractivity (Wildman–Crippen MR) is 122 cm³/mol. The van der Waals surface area contributed by atoms with E-state index < -0.39 is 74.3 Å². The highest BCUT2D eigenvalue weighted by atomic mass is 35.5. The molecular formula is C22H14Cl3F7O3S. The topological polar surface area (TPSA) is 51.2 Å². The molecule has 3 nitrogen and oxygen atoms in total. The van der Waals surface area contributed by atoms with E-state index in [0.717, 1.165) is 18.2 Å². The molecule has 1 unspecified atom stereocenters. The van der Waals surface area contributed by atoms with Crippen LogP contribution in [-0.4, -0.2) is 31.9 Å². The summed E-state index contributed by atoms with van der Waals surface area (Å²) in [5, 5.41) is -0.922.